The van der Waals surface area contributed by atoms with Gasteiger partial charge in [-0.3, -0.25) is 14.4 Å². The molecule has 4 heteroatoms. The van der Waals surface area contributed by atoms with E-state index in [1.807, 2.05) is 0 Å². The van der Waals surface area contributed by atoms with Crippen LogP contribution in [0.3, 0.4) is 0 Å². The summed E-state index contributed by atoms with van der Waals surface area (Å²) < 4.78 is 5.48. The molecule has 0 radical (unpaired) electrons. The molecule has 4 saturated carbocycles. The molecule has 4 nitrogen and oxygen atoms in total. The van der Waals surface area contributed by atoms with Crippen molar-refractivity contribution in [1.82, 2.24) is 0 Å². The number of hydrogen-bond acceptors (Lipinski definition) is 4. The van der Waals surface area contributed by atoms with Crippen LogP contribution in [0.15, 0.2) is 11.3 Å². The number of Topliss-reactive ketones (excluding diaryl/α,β-unsaturated/α-hetero) is 2. The number of fused-ring (bicyclic) bond motifs is 7. The van der Waals surface area contributed by atoms with E-state index in [0.29, 0.717) is 35.2 Å². The van der Waals surface area contributed by atoms with Gasteiger partial charge in [-0.15, -0.1) is 0 Å². The third kappa shape index (κ3) is 1.88. The zero-order valence-electron chi connectivity index (χ0n) is 16.0. The maximum atomic E-state index is 12.8. The molecule has 0 aromatic carbocycles. The Hall–Kier alpha value is -1.45. The lowest BCUT2D eigenvalue weighted by Gasteiger charge is -2.57. The van der Waals surface area contributed by atoms with Gasteiger partial charge in [0.1, 0.15) is 5.78 Å². The fourth-order valence-electron chi connectivity index (χ4n) is 7.59. The number of hydrogen-bond donors (Lipinski definition) is 0. The molecule has 26 heavy (non-hydrogen) atoms. The van der Waals surface area contributed by atoms with E-state index in [9.17, 15) is 14.4 Å². The average molecular weight is 356 g/mol. The van der Waals surface area contributed by atoms with Crippen LogP contribution in [0.4, 0.5) is 0 Å². The van der Waals surface area contributed by atoms with Crippen LogP contribution >= 0.6 is 0 Å². The molecule has 0 saturated heterocycles. The van der Waals surface area contributed by atoms with Gasteiger partial charge in [-0.2, -0.15) is 0 Å². The first-order chi connectivity index (χ1) is 12.3. The summed E-state index contributed by atoms with van der Waals surface area (Å²) >= 11 is 0. The van der Waals surface area contributed by atoms with Gasteiger partial charge in [0, 0.05) is 24.7 Å². The Kier molecular flexibility index (Phi) is 3.26. The van der Waals surface area contributed by atoms with E-state index in [4.69, 9.17) is 4.74 Å². The van der Waals surface area contributed by atoms with Crippen LogP contribution in [0.25, 0.3) is 0 Å². The first kappa shape index (κ1) is 16.7. The molecule has 7 atom stereocenters. The lowest BCUT2D eigenvalue weighted by molar-refractivity contribution is -0.143. The van der Waals surface area contributed by atoms with Crippen LogP contribution in [0.1, 0.15) is 65.7 Å². The van der Waals surface area contributed by atoms with Crippen molar-refractivity contribution in [2.45, 2.75) is 65.7 Å². The molecule has 0 N–H and O–H groups in total. The zero-order chi connectivity index (χ0) is 18.4. The molecule has 140 valence electrons. The van der Waals surface area contributed by atoms with Gasteiger partial charge in [-0.25, -0.2) is 0 Å². The second kappa shape index (κ2) is 5.08. The first-order valence-corrected chi connectivity index (χ1v) is 10.3. The smallest absolute Gasteiger partial charge is 0.308 e. The Morgan fingerprint density at radius 2 is 1.81 bits per heavy atom. The van der Waals surface area contributed by atoms with Gasteiger partial charge >= 0.3 is 5.97 Å². The molecule has 0 spiro atoms. The fraction of sp³-hybridized carbons (Fsp3) is 0.773. The predicted octanol–water partition coefficient (Wildman–Crippen LogP) is 3.83. The summed E-state index contributed by atoms with van der Waals surface area (Å²) in [5.74, 6) is 2.58. The Balaban J connectivity index is 1.57. The topological polar surface area (TPSA) is 60.4 Å². The molecule has 0 amide bonds. The minimum Gasteiger partial charge on any atom is -0.423 e. The maximum Gasteiger partial charge on any atom is 0.308 e. The van der Waals surface area contributed by atoms with Crippen molar-refractivity contribution in [3.05, 3.63) is 11.3 Å². The molecule has 0 bridgehead atoms. The molecule has 0 aliphatic heterocycles. The van der Waals surface area contributed by atoms with E-state index in [0.717, 1.165) is 50.5 Å². The van der Waals surface area contributed by atoms with E-state index in [2.05, 4.69) is 13.8 Å². The van der Waals surface area contributed by atoms with Crippen LogP contribution in [-0.4, -0.2) is 17.5 Å². The second-order valence-corrected chi connectivity index (χ2v) is 9.83. The Morgan fingerprint density at radius 1 is 1.04 bits per heavy atom. The Bertz CT molecular complexity index is 764. The number of carbonyl (C=O) groups excluding carboxylic acids is 3. The monoisotopic (exact) mass is 356 g/mol. The van der Waals surface area contributed by atoms with Gasteiger partial charge in [0.25, 0.3) is 0 Å². The van der Waals surface area contributed by atoms with E-state index in [-0.39, 0.29) is 28.5 Å². The van der Waals surface area contributed by atoms with Gasteiger partial charge in [-0.05, 0) is 73.2 Å². The van der Waals surface area contributed by atoms with Crippen LogP contribution < -0.4 is 0 Å². The average Bonchev–Trinajstić information content (AvgIpc) is 3.34. The zero-order valence-corrected chi connectivity index (χ0v) is 16.0. The molecule has 5 aliphatic carbocycles. The summed E-state index contributed by atoms with van der Waals surface area (Å²) in [7, 11) is 0. The fourth-order valence-corrected chi connectivity index (χ4v) is 7.59. The van der Waals surface area contributed by atoms with Crippen molar-refractivity contribution < 1.29 is 19.1 Å². The molecule has 0 aromatic rings. The molecule has 0 heterocycles. The van der Waals surface area contributed by atoms with Gasteiger partial charge in [0.2, 0.25) is 5.78 Å². The summed E-state index contributed by atoms with van der Waals surface area (Å²) in [6.45, 7) is 5.92. The normalized spacial score (nSPS) is 49.1. The summed E-state index contributed by atoms with van der Waals surface area (Å²) in [6.07, 6.45) is 6.63. The van der Waals surface area contributed by atoms with Crippen molar-refractivity contribution in [2.24, 2.45) is 40.4 Å². The van der Waals surface area contributed by atoms with Crippen molar-refractivity contribution in [1.29, 1.82) is 0 Å². The van der Waals surface area contributed by atoms with Gasteiger partial charge in [0.15, 0.2) is 5.76 Å². The quantitative estimate of drug-likeness (QED) is 0.670. The number of allylic oxidation sites excluding steroid dienone is 1. The molecular weight excluding hydrogens is 328 g/mol. The number of carbonyl (C=O) groups is 3. The van der Waals surface area contributed by atoms with Crippen molar-refractivity contribution in [3.8, 4) is 0 Å². The van der Waals surface area contributed by atoms with Crippen molar-refractivity contribution in [3.63, 3.8) is 0 Å². The molecular formula is C22H28O4. The van der Waals surface area contributed by atoms with Gasteiger partial charge in [0.05, 0.1) is 0 Å². The third-order valence-electron chi connectivity index (χ3n) is 8.94. The highest BCUT2D eigenvalue weighted by Crippen LogP contribution is 2.71. The van der Waals surface area contributed by atoms with Gasteiger partial charge in [-0.1, -0.05) is 13.8 Å². The largest absolute Gasteiger partial charge is 0.423 e. The highest BCUT2D eigenvalue weighted by atomic mass is 16.5. The summed E-state index contributed by atoms with van der Waals surface area (Å²) in [5.41, 5.74) is 0.968. The summed E-state index contributed by atoms with van der Waals surface area (Å²) in [4.78, 5) is 36.9. The van der Waals surface area contributed by atoms with E-state index in [1.165, 1.54) is 6.92 Å². The molecule has 1 unspecified atom stereocenters. The molecule has 4 fully saturated rings. The lowest BCUT2D eigenvalue weighted by Crippen LogP contribution is -2.52. The molecule has 5 rings (SSSR count). The second-order valence-electron chi connectivity index (χ2n) is 9.83. The summed E-state index contributed by atoms with van der Waals surface area (Å²) in [6, 6.07) is 0. The Labute approximate surface area is 154 Å². The first-order valence-electron chi connectivity index (χ1n) is 10.3. The van der Waals surface area contributed by atoms with E-state index >= 15 is 0 Å². The number of ketones is 2. The third-order valence-corrected chi connectivity index (χ3v) is 8.94. The van der Waals surface area contributed by atoms with Crippen LogP contribution in [-0.2, 0) is 19.1 Å². The standard InChI is InChI=1S/C22H28O4/c1-11(23)26-20-16-5-4-12-14-6-7-18(24)21(14,2)9-8-15(12)22(16,3)17-10-13(17)19(20)25/h12-15,17H,4-10H2,1-3H3/t12-,13-,14-,15-,17?,21-,22+/m0/s1. The van der Waals surface area contributed by atoms with E-state index < -0.39 is 0 Å². The molecule has 5 aliphatic rings. The highest BCUT2D eigenvalue weighted by molar-refractivity contribution is 6.01. The minimum absolute atomic E-state index is 0.0285. The minimum atomic E-state index is -0.387. The van der Waals surface area contributed by atoms with Crippen LogP contribution in [0.2, 0.25) is 0 Å². The van der Waals surface area contributed by atoms with Crippen molar-refractivity contribution >= 4 is 17.5 Å². The van der Waals surface area contributed by atoms with Gasteiger partial charge < -0.3 is 4.74 Å². The number of ether oxygens (including phenoxy) is 1. The number of esters is 1. The SMILES string of the molecule is CC(=O)OC1=C2CC[C@H]3[C@@H]4CCC(=O)[C@@]4(C)CC[C@@H]3[C@@]2(C)C2C[C@@H]2C1=O. The number of rotatable bonds is 1. The Morgan fingerprint density at radius 3 is 2.54 bits per heavy atom. The van der Waals surface area contributed by atoms with Crippen LogP contribution in [0, 0.1) is 40.4 Å². The van der Waals surface area contributed by atoms with Crippen molar-refractivity contribution in [2.75, 3.05) is 0 Å². The summed E-state index contributed by atoms with van der Waals surface area (Å²) in [5, 5.41) is 0. The van der Waals surface area contributed by atoms with E-state index in [1.54, 1.807) is 0 Å². The highest BCUT2D eigenvalue weighted by Gasteiger charge is 2.68. The molecule has 0 aromatic heterocycles. The maximum absolute atomic E-state index is 12.8. The lowest BCUT2D eigenvalue weighted by atomic mass is 9.47. The van der Waals surface area contributed by atoms with Crippen LogP contribution in [0.5, 0.6) is 0 Å². The predicted molar refractivity (Wildman–Crippen MR) is 94.8 cm³/mol.